The molecule has 2 rings (SSSR count). The van der Waals surface area contributed by atoms with Gasteiger partial charge in [0.05, 0.1) is 0 Å². The van der Waals surface area contributed by atoms with Crippen LogP contribution in [-0.2, 0) is 6.54 Å². The summed E-state index contributed by atoms with van der Waals surface area (Å²) < 4.78 is 2.74. The van der Waals surface area contributed by atoms with Crippen molar-refractivity contribution in [2.24, 2.45) is 0 Å². The Bertz CT molecular complexity index is 692. The number of halogens is 1. The first-order valence-electron chi connectivity index (χ1n) is 7.60. The summed E-state index contributed by atoms with van der Waals surface area (Å²) in [7, 11) is 0. The standard InChI is InChI=1S/C17H20BrN3O2/c1-3-9-19-16(22)12-5-7-14(8-6-12)20-17(23)15-10-13(18)11-21(15)4-2/h5-8,10-11H,3-4,9H2,1-2H3,(H,19,22)(H,20,23). The number of hydrogen-bond donors (Lipinski definition) is 2. The highest BCUT2D eigenvalue weighted by Crippen LogP contribution is 2.17. The first kappa shape index (κ1) is 17.3. The van der Waals surface area contributed by atoms with Crippen LogP contribution in [0.5, 0.6) is 0 Å². The molecule has 0 bridgehead atoms. The van der Waals surface area contributed by atoms with Gasteiger partial charge >= 0.3 is 0 Å². The lowest BCUT2D eigenvalue weighted by atomic mass is 10.2. The van der Waals surface area contributed by atoms with Gasteiger partial charge in [0.1, 0.15) is 5.69 Å². The Morgan fingerprint density at radius 3 is 2.43 bits per heavy atom. The van der Waals surface area contributed by atoms with Crippen molar-refractivity contribution in [3.8, 4) is 0 Å². The third-order valence-corrected chi connectivity index (χ3v) is 3.81. The average molecular weight is 378 g/mol. The monoisotopic (exact) mass is 377 g/mol. The van der Waals surface area contributed by atoms with Gasteiger partial charge in [-0.2, -0.15) is 0 Å². The fourth-order valence-electron chi connectivity index (χ4n) is 2.17. The first-order valence-corrected chi connectivity index (χ1v) is 8.39. The van der Waals surface area contributed by atoms with E-state index >= 15 is 0 Å². The molecule has 23 heavy (non-hydrogen) atoms. The number of rotatable bonds is 6. The minimum Gasteiger partial charge on any atom is -0.352 e. The van der Waals surface area contributed by atoms with Crippen LogP contribution >= 0.6 is 15.9 Å². The predicted molar refractivity (Wildman–Crippen MR) is 94.8 cm³/mol. The Kier molecular flexibility index (Phi) is 5.98. The smallest absolute Gasteiger partial charge is 0.272 e. The van der Waals surface area contributed by atoms with Crippen molar-refractivity contribution >= 4 is 33.4 Å². The van der Waals surface area contributed by atoms with E-state index < -0.39 is 0 Å². The zero-order chi connectivity index (χ0) is 16.8. The number of anilines is 1. The van der Waals surface area contributed by atoms with Crippen molar-refractivity contribution in [2.75, 3.05) is 11.9 Å². The molecule has 1 aromatic carbocycles. The SMILES string of the molecule is CCCNC(=O)c1ccc(NC(=O)c2cc(Br)cn2CC)cc1. The number of benzene rings is 1. The van der Waals surface area contributed by atoms with E-state index in [1.807, 2.05) is 24.6 Å². The highest BCUT2D eigenvalue weighted by atomic mass is 79.9. The lowest BCUT2D eigenvalue weighted by Gasteiger charge is -2.09. The molecule has 122 valence electrons. The molecule has 0 unspecified atom stereocenters. The van der Waals surface area contributed by atoms with E-state index in [1.54, 1.807) is 30.3 Å². The maximum Gasteiger partial charge on any atom is 0.272 e. The van der Waals surface area contributed by atoms with Crippen LogP contribution in [0.2, 0.25) is 0 Å². The molecule has 0 aliphatic heterocycles. The molecule has 2 N–H and O–H groups in total. The van der Waals surface area contributed by atoms with Crippen molar-refractivity contribution in [3.05, 3.63) is 52.3 Å². The minimum absolute atomic E-state index is 0.103. The predicted octanol–water partition coefficient (Wildman–Crippen LogP) is 3.66. The minimum atomic E-state index is -0.180. The van der Waals surface area contributed by atoms with E-state index in [1.165, 1.54) is 0 Å². The van der Waals surface area contributed by atoms with E-state index in [-0.39, 0.29) is 11.8 Å². The van der Waals surface area contributed by atoms with Gasteiger partial charge in [-0.05, 0) is 59.6 Å². The molecule has 5 nitrogen and oxygen atoms in total. The third-order valence-electron chi connectivity index (χ3n) is 3.38. The first-order chi connectivity index (χ1) is 11.0. The fourth-order valence-corrected chi connectivity index (χ4v) is 2.63. The van der Waals surface area contributed by atoms with Gasteiger partial charge in [0, 0.05) is 35.0 Å². The van der Waals surface area contributed by atoms with Crippen molar-refractivity contribution in [3.63, 3.8) is 0 Å². The average Bonchev–Trinajstić information content (AvgIpc) is 2.94. The summed E-state index contributed by atoms with van der Waals surface area (Å²) in [6.45, 7) is 5.35. The van der Waals surface area contributed by atoms with Crippen LogP contribution < -0.4 is 10.6 Å². The molecular weight excluding hydrogens is 358 g/mol. The van der Waals surface area contributed by atoms with Crippen molar-refractivity contribution in [2.45, 2.75) is 26.8 Å². The molecule has 0 spiro atoms. The van der Waals surface area contributed by atoms with Gasteiger partial charge in [0.15, 0.2) is 0 Å². The number of aryl methyl sites for hydroxylation is 1. The van der Waals surface area contributed by atoms with Gasteiger partial charge in [-0.15, -0.1) is 0 Å². The van der Waals surface area contributed by atoms with Crippen LogP contribution in [-0.4, -0.2) is 22.9 Å². The maximum atomic E-state index is 12.3. The highest BCUT2D eigenvalue weighted by Gasteiger charge is 2.13. The molecule has 6 heteroatoms. The van der Waals surface area contributed by atoms with Crippen molar-refractivity contribution in [1.82, 2.24) is 9.88 Å². The lowest BCUT2D eigenvalue weighted by molar-refractivity contribution is 0.0953. The maximum absolute atomic E-state index is 12.3. The Balaban J connectivity index is 2.05. The van der Waals surface area contributed by atoms with Gasteiger partial charge in [-0.25, -0.2) is 0 Å². The number of carbonyl (C=O) groups is 2. The van der Waals surface area contributed by atoms with Crippen molar-refractivity contribution in [1.29, 1.82) is 0 Å². The molecular formula is C17H20BrN3O2. The number of hydrogen-bond acceptors (Lipinski definition) is 2. The van der Waals surface area contributed by atoms with Crippen LogP contribution in [0.25, 0.3) is 0 Å². The highest BCUT2D eigenvalue weighted by molar-refractivity contribution is 9.10. The Morgan fingerprint density at radius 1 is 1.13 bits per heavy atom. The molecule has 0 saturated heterocycles. The Morgan fingerprint density at radius 2 is 1.83 bits per heavy atom. The second-order valence-electron chi connectivity index (χ2n) is 5.12. The second kappa shape index (κ2) is 7.97. The summed E-state index contributed by atoms with van der Waals surface area (Å²) in [4.78, 5) is 24.2. The van der Waals surface area contributed by atoms with Crippen LogP contribution in [0, 0.1) is 0 Å². The van der Waals surface area contributed by atoms with E-state index in [4.69, 9.17) is 0 Å². The molecule has 0 aliphatic carbocycles. The molecule has 1 aromatic heterocycles. The van der Waals surface area contributed by atoms with E-state index in [2.05, 4.69) is 26.6 Å². The van der Waals surface area contributed by atoms with E-state index in [9.17, 15) is 9.59 Å². The number of nitrogens with zero attached hydrogens (tertiary/aromatic N) is 1. The van der Waals surface area contributed by atoms with Crippen LogP contribution in [0.4, 0.5) is 5.69 Å². The van der Waals surface area contributed by atoms with Gasteiger partial charge in [0.2, 0.25) is 0 Å². The molecule has 0 fully saturated rings. The molecule has 2 aromatic rings. The number of amides is 2. The van der Waals surface area contributed by atoms with Crippen LogP contribution in [0.15, 0.2) is 41.0 Å². The quantitative estimate of drug-likeness (QED) is 0.806. The summed E-state index contributed by atoms with van der Waals surface area (Å²) in [5.74, 6) is -0.283. The van der Waals surface area contributed by atoms with Gasteiger partial charge in [-0.3, -0.25) is 9.59 Å². The largest absolute Gasteiger partial charge is 0.352 e. The summed E-state index contributed by atoms with van der Waals surface area (Å²) >= 11 is 3.38. The lowest BCUT2D eigenvalue weighted by Crippen LogP contribution is -2.23. The summed E-state index contributed by atoms with van der Waals surface area (Å²) in [6, 6.07) is 8.65. The van der Waals surface area contributed by atoms with Gasteiger partial charge < -0.3 is 15.2 Å². The number of aromatic nitrogens is 1. The number of carbonyl (C=O) groups excluding carboxylic acids is 2. The van der Waals surface area contributed by atoms with Crippen LogP contribution in [0.1, 0.15) is 41.1 Å². The van der Waals surface area contributed by atoms with E-state index in [0.717, 1.165) is 10.9 Å². The summed E-state index contributed by atoms with van der Waals surface area (Å²) in [5, 5.41) is 5.66. The molecule has 0 saturated carbocycles. The van der Waals surface area contributed by atoms with Crippen LogP contribution in [0.3, 0.4) is 0 Å². The third kappa shape index (κ3) is 4.45. The normalized spacial score (nSPS) is 10.4. The topological polar surface area (TPSA) is 63.1 Å². The molecule has 0 aliphatic rings. The van der Waals surface area contributed by atoms with Crippen molar-refractivity contribution < 1.29 is 9.59 Å². The zero-order valence-electron chi connectivity index (χ0n) is 13.2. The Labute approximate surface area is 144 Å². The fraction of sp³-hybridized carbons (Fsp3) is 0.294. The second-order valence-corrected chi connectivity index (χ2v) is 6.03. The number of nitrogens with one attached hydrogen (secondary N) is 2. The molecule has 0 radical (unpaired) electrons. The summed E-state index contributed by atoms with van der Waals surface area (Å²) in [6.07, 6.45) is 2.77. The van der Waals surface area contributed by atoms with E-state index in [0.29, 0.717) is 30.0 Å². The van der Waals surface area contributed by atoms with Gasteiger partial charge in [0.25, 0.3) is 11.8 Å². The zero-order valence-corrected chi connectivity index (χ0v) is 14.8. The molecule has 2 amide bonds. The molecule has 1 heterocycles. The summed E-state index contributed by atoms with van der Waals surface area (Å²) in [5.41, 5.74) is 1.82. The Hall–Kier alpha value is -2.08. The van der Waals surface area contributed by atoms with Gasteiger partial charge in [-0.1, -0.05) is 6.92 Å². The molecule has 0 atom stereocenters.